The molecule has 2 aliphatic heterocycles. The van der Waals surface area contributed by atoms with E-state index >= 15 is 0 Å². The van der Waals surface area contributed by atoms with Crippen LogP contribution in [0.15, 0.2) is 109 Å². The van der Waals surface area contributed by atoms with E-state index < -0.39 is 11.9 Å². The average Bonchev–Trinajstić information content (AvgIpc) is 3.87. The van der Waals surface area contributed by atoms with E-state index in [9.17, 15) is 19.8 Å². The molecule has 2 aliphatic rings. The van der Waals surface area contributed by atoms with Gasteiger partial charge in [0, 0.05) is 83.6 Å². The van der Waals surface area contributed by atoms with Crippen LogP contribution >= 0.6 is 22.7 Å². The predicted octanol–water partition coefficient (Wildman–Crippen LogP) is 8.50. The zero-order valence-corrected chi connectivity index (χ0v) is 42.7. The smallest absolute Gasteiger partial charge is 0.550 e. The summed E-state index contributed by atoms with van der Waals surface area (Å²) < 4.78 is 12.0. The molecule has 2 aromatic heterocycles. The molecule has 0 fully saturated rings. The Morgan fingerprint density at radius 1 is 0.597 bits per heavy atom. The number of ether oxygens (including phenoxy) is 2. The minimum absolute atomic E-state index is 0. The monoisotopic (exact) mass is 956 g/mol. The number of aryl methyl sites for hydroxylation is 2. The van der Waals surface area contributed by atoms with Gasteiger partial charge in [0.1, 0.15) is 24.7 Å². The van der Waals surface area contributed by atoms with Gasteiger partial charge in [-0.3, -0.25) is 9.80 Å². The molecule has 0 N–H and O–H groups in total. The predicted molar refractivity (Wildman–Crippen MR) is 266 cm³/mol. The van der Waals surface area contributed by atoms with Crippen molar-refractivity contribution in [1.29, 1.82) is 0 Å². The summed E-state index contributed by atoms with van der Waals surface area (Å²) in [7, 11) is 0. The van der Waals surface area contributed by atoms with Gasteiger partial charge >= 0.3 is 37.7 Å². The van der Waals surface area contributed by atoms with E-state index in [1.807, 2.05) is 71.2 Å². The third kappa shape index (κ3) is 15.6. The summed E-state index contributed by atoms with van der Waals surface area (Å²) in [5, 5.41) is 22.0. The Morgan fingerprint density at radius 3 is 1.36 bits per heavy atom. The van der Waals surface area contributed by atoms with Crippen LogP contribution in [-0.4, -0.2) is 72.6 Å². The summed E-state index contributed by atoms with van der Waals surface area (Å²) in [5.41, 5.74) is 9.54. The maximum absolute atomic E-state index is 11.0. The van der Waals surface area contributed by atoms with Crippen molar-refractivity contribution in [2.75, 3.05) is 13.1 Å². The summed E-state index contributed by atoms with van der Waals surface area (Å²) in [6, 6.07) is 36.8. The molecule has 4 heterocycles. The second-order valence-corrected chi connectivity index (χ2v) is 19.6. The Labute approximate surface area is 434 Å². The summed E-state index contributed by atoms with van der Waals surface area (Å²) in [4.78, 5) is 32.9. The topological polar surface area (TPSA) is 105 Å². The third-order valence-corrected chi connectivity index (χ3v) is 14.0. The van der Waals surface area contributed by atoms with Gasteiger partial charge in [0.15, 0.2) is 0 Å². The summed E-state index contributed by atoms with van der Waals surface area (Å²) in [6.07, 6.45) is 2.05. The maximum atomic E-state index is 11.0. The van der Waals surface area contributed by atoms with Crippen molar-refractivity contribution in [3.05, 3.63) is 173 Å². The van der Waals surface area contributed by atoms with Crippen molar-refractivity contribution in [1.82, 2.24) is 9.80 Å². The SMILES string of the molecule is CC#C[C@@H](CC(=O)[O-])c1ccc(OCc2cccc(CN3CCc4sc(C)cc4C3)c2)cc1.CC#C[C@@H](CC(=O)[O-])c1ccc(OCc2cccc(CN3CCc4sc(C)cc4C3)c2)cc1.[Ca+2]. The quantitative estimate of drug-likeness (QED) is 0.0703. The zero-order chi connectivity index (χ0) is 46.4. The van der Waals surface area contributed by atoms with Crippen LogP contribution in [0.2, 0.25) is 0 Å². The number of fused-ring (bicyclic) bond motifs is 2. The van der Waals surface area contributed by atoms with Crippen molar-refractivity contribution >= 4 is 72.4 Å². The number of rotatable bonds is 16. The Kier molecular flexibility index (Phi) is 19.6. The van der Waals surface area contributed by atoms with Crippen molar-refractivity contribution in [2.45, 2.75) is 105 Å². The first kappa shape index (κ1) is 51.5. The molecular weight excluding hydrogens is 901 g/mol. The Bertz CT molecular complexity index is 2530. The molecule has 8 nitrogen and oxygen atoms in total. The molecule has 8 rings (SSSR count). The van der Waals surface area contributed by atoms with Gasteiger partial charge < -0.3 is 29.3 Å². The molecule has 67 heavy (non-hydrogen) atoms. The van der Waals surface area contributed by atoms with Crippen LogP contribution in [0.3, 0.4) is 0 Å². The zero-order valence-electron chi connectivity index (χ0n) is 38.9. The fraction of sp³-hybridized carbons (Fsp3) is 0.321. The largest absolute Gasteiger partial charge is 2.00 e. The molecule has 6 aromatic rings. The van der Waals surface area contributed by atoms with E-state index in [-0.39, 0.29) is 62.4 Å². The number of aliphatic carboxylic acids is 2. The van der Waals surface area contributed by atoms with E-state index in [1.54, 1.807) is 23.6 Å². The van der Waals surface area contributed by atoms with Gasteiger partial charge in [0.05, 0.1) is 11.8 Å². The molecule has 0 amide bonds. The van der Waals surface area contributed by atoms with Crippen LogP contribution in [0.4, 0.5) is 0 Å². The molecule has 340 valence electrons. The van der Waals surface area contributed by atoms with Gasteiger partial charge in [-0.15, -0.1) is 34.5 Å². The van der Waals surface area contributed by atoms with Gasteiger partial charge in [-0.05, 0) is 121 Å². The summed E-state index contributed by atoms with van der Waals surface area (Å²) in [5.74, 6) is 10.0. The second kappa shape index (κ2) is 25.5. The van der Waals surface area contributed by atoms with Crippen LogP contribution < -0.4 is 19.7 Å². The van der Waals surface area contributed by atoms with Crippen LogP contribution in [0.25, 0.3) is 0 Å². The summed E-state index contributed by atoms with van der Waals surface area (Å²) >= 11 is 3.87. The summed E-state index contributed by atoms with van der Waals surface area (Å²) in [6.45, 7) is 14.9. The number of nitrogens with zero attached hydrogens (tertiary/aromatic N) is 2. The van der Waals surface area contributed by atoms with Crippen molar-refractivity contribution in [2.24, 2.45) is 0 Å². The fourth-order valence-corrected chi connectivity index (χ4v) is 10.7. The normalized spacial score (nSPS) is 13.9. The number of thiophene rings is 2. The van der Waals surface area contributed by atoms with E-state index in [4.69, 9.17) is 9.47 Å². The molecule has 0 spiro atoms. The van der Waals surface area contributed by atoms with E-state index in [1.165, 1.54) is 32.0 Å². The first-order valence-electron chi connectivity index (χ1n) is 22.5. The van der Waals surface area contributed by atoms with Crippen molar-refractivity contribution in [3.63, 3.8) is 0 Å². The van der Waals surface area contributed by atoms with Crippen LogP contribution in [-0.2, 0) is 61.8 Å². The first-order chi connectivity index (χ1) is 32.0. The fourth-order valence-electron chi connectivity index (χ4n) is 8.61. The molecule has 0 unspecified atom stereocenters. The third-order valence-electron chi connectivity index (χ3n) is 11.7. The number of carbonyl (C=O) groups excluding carboxylic acids is 2. The van der Waals surface area contributed by atoms with Gasteiger partial charge in [-0.1, -0.05) is 84.6 Å². The van der Waals surface area contributed by atoms with E-state index in [0.717, 1.165) is 85.9 Å². The number of hydrogen-bond acceptors (Lipinski definition) is 10. The van der Waals surface area contributed by atoms with Crippen LogP contribution in [0, 0.1) is 37.5 Å². The number of carboxylic acids is 2. The number of carboxylic acid groups (broad SMARTS) is 2. The minimum atomic E-state index is -1.10. The van der Waals surface area contributed by atoms with Gasteiger partial charge in [-0.2, -0.15) is 0 Å². The Morgan fingerprint density at radius 2 is 0.985 bits per heavy atom. The second-order valence-electron chi connectivity index (χ2n) is 16.9. The van der Waals surface area contributed by atoms with Crippen LogP contribution in [0.1, 0.15) is 103 Å². The molecule has 0 radical (unpaired) electrons. The standard InChI is InChI=1S/2C28H29NO3S.Ca/c2*1-3-5-24(16-28(30)31)23-8-10-26(11-9-23)32-19-22-7-4-6-21(15-22)17-29-13-12-27-25(18-29)14-20(2)33-27;/h2*4,6-11,14-15,24H,12-13,16-19H2,1-2H3,(H,30,31);/q;;+2/p-2/t2*24-;/m00./s1. The Balaban J connectivity index is 0.000000218. The molecule has 0 saturated carbocycles. The number of hydrogen-bond donors (Lipinski definition) is 0. The molecular formula is C56H56CaN2O6S2. The average molecular weight is 957 g/mol. The molecule has 0 saturated heterocycles. The van der Waals surface area contributed by atoms with Gasteiger partial charge in [0.2, 0.25) is 0 Å². The van der Waals surface area contributed by atoms with Crippen molar-refractivity contribution in [3.8, 4) is 35.2 Å². The van der Waals surface area contributed by atoms with Crippen LogP contribution in [0.5, 0.6) is 11.5 Å². The molecule has 4 aromatic carbocycles. The molecule has 11 heteroatoms. The first-order valence-corrected chi connectivity index (χ1v) is 24.1. The number of benzene rings is 4. The van der Waals surface area contributed by atoms with Gasteiger partial charge in [0.25, 0.3) is 0 Å². The minimum Gasteiger partial charge on any atom is -0.550 e. The maximum Gasteiger partial charge on any atom is 2.00 e. The van der Waals surface area contributed by atoms with Gasteiger partial charge in [-0.25, -0.2) is 0 Å². The van der Waals surface area contributed by atoms with E-state index in [2.05, 4.69) is 108 Å². The molecule has 0 aliphatic carbocycles. The molecule has 2 atom stereocenters. The van der Waals surface area contributed by atoms with Crippen molar-refractivity contribution < 1.29 is 29.3 Å². The number of carbonyl (C=O) groups is 2. The van der Waals surface area contributed by atoms with E-state index in [0.29, 0.717) is 13.2 Å². The Hall–Kier alpha value is -4.88. The molecule has 0 bridgehead atoms.